The number of aliphatic hydroxyl groups excluding tert-OH is 1. The smallest absolute Gasteiger partial charge is 0.265 e. The van der Waals surface area contributed by atoms with Gasteiger partial charge in [0.1, 0.15) is 0 Å². The number of amides is 2. The third-order valence-electron chi connectivity index (χ3n) is 2.78. The summed E-state index contributed by atoms with van der Waals surface area (Å²) in [6.45, 7) is 1.73. The van der Waals surface area contributed by atoms with Crippen molar-refractivity contribution in [2.45, 2.75) is 13.0 Å². The number of carbonyl (C=O) groups is 2. The van der Waals surface area contributed by atoms with Crippen molar-refractivity contribution in [2.24, 2.45) is 0 Å². The Bertz CT molecular complexity index is 671. The van der Waals surface area contributed by atoms with Crippen molar-refractivity contribution in [3.8, 4) is 0 Å². The highest BCUT2D eigenvalue weighted by molar-refractivity contribution is 7.12. The van der Waals surface area contributed by atoms with Crippen molar-refractivity contribution in [3.63, 3.8) is 0 Å². The van der Waals surface area contributed by atoms with E-state index in [0.29, 0.717) is 21.2 Å². The van der Waals surface area contributed by atoms with E-state index in [4.69, 9.17) is 11.6 Å². The van der Waals surface area contributed by atoms with Crippen molar-refractivity contribution in [3.05, 3.63) is 51.2 Å². The molecule has 0 bridgehead atoms. The van der Waals surface area contributed by atoms with Crippen LogP contribution < -0.4 is 10.6 Å². The molecule has 0 saturated carbocycles. The summed E-state index contributed by atoms with van der Waals surface area (Å²) in [5.41, 5.74) is 0.719. The molecule has 0 fully saturated rings. The van der Waals surface area contributed by atoms with Gasteiger partial charge in [-0.15, -0.1) is 11.3 Å². The number of anilines is 1. The number of rotatable bonds is 5. The maximum Gasteiger partial charge on any atom is 0.265 e. The minimum absolute atomic E-state index is 0.151. The molecule has 3 N–H and O–H groups in total. The first-order chi connectivity index (χ1) is 10.5. The van der Waals surface area contributed by atoms with Crippen LogP contribution in [0.1, 0.15) is 27.0 Å². The van der Waals surface area contributed by atoms with Gasteiger partial charge in [0.05, 0.1) is 21.7 Å². The molecule has 22 heavy (non-hydrogen) atoms. The first kappa shape index (κ1) is 16.5. The van der Waals surface area contributed by atoms with E-state index in [-0.39, 0.29) is 18.4 Å². The fraction of sp³-hybridized carbons (Fsp3) is 0.200. The van der Waals surface area contributed by atoms with Crippen LogP contribution in [0.15, 0.2) is 35.7 Å². The lowest BCUT2D eigenvalue weighted by Gasteiger charge is -2.10. The number of nitrogens with one attached hydrogen (secondary N) is 2. The Balaban J connectivity index is 2.13. The predicted molar refractivity (Wildman–Crippen MR) is 87.7 cm³/mol. The first-order valence-corrected chi connectivity index (χ1v) is 7.84. The summed E-state index contributed by atoms with van der Waals surface area (Å²) in [5.74, 6) is -0.623. The molecule has 1 aromatic carbocycles. The predicted octanol–water partition coefficient (Wildman–Crippen LogP) is 2.76. The molecule has 2 aromatic rings. The van der Waals surface area contributed by atoms with Crippen molar-refractivity contribution < 1.29 is 14.7 Å². The summed E-state index contributed by atoms with van der Waals surface area (Å²) in [6.07, 6.45) is -0.630. The van der Waals surface area contributed by atoms with Gasteiger partial charge < -0.3 is 15.7 Å². The van der Waals surface area contributed by atoms with Crippen LogP contribution in [-0.2, 0) is 0 Å². The lowest BCUT2D eigenvalue weighted by Crippen LogP contribution is -2.30. The van der Waals surface area contributed by atoms with Gasteiger partial charge >= 0.3 is 0 Å². The Labute approximate surface area is 136 Å². The van der Waals surface area contributed by atoms with Gasteiger partial charge in [-0.3, -0.25) is 9.59 Å². The molecule has 0 aliphatic carbocycles. The average Bonchev–Trinajstić information content (AvgIpc) is 3.01. The number of hydrogen-bond donors (Lipinski definition) is 3. The zero-order valence-electron chi connectivity index (χ0n) is 11.8. The summed E-state index contributed by atoms with van der Waals surface area (Å²) in [7, 11) is 0. The summed E-state index contributed by atoms with van der Waals surface area (Å²) >= 11 is 7.37. The molecule has 1 unspecified atom stereocenters. The Kier molecular flexibility index (Phi) is 5.54. The van der Waals surface area contributed by atoms with E-state index in [2.05, 4.69) is 10.6 Å². The first-order valence-electron chi connectivity index (χ1n) is 6.58. The summed E-state index contributed by atoms with van der Waals surface area (Å²) in [5, 5.41) is 16.6. The Hall–Kier alpha value is -1.89. The molecule has 0 spiro atoms. The second-order valence-corrected chi connectivity index (χ2v) is 6.04. The van der Waals surface area contributed by atoms with E-state index in [1.807, 2.05) is 0 Å². The highest BCUT2D eigenvalue weighted by Crippen LogP contribution is 2.24. The zero-order chi connectivity index (χ0) is 16.1. The molecular formula is C15H15ClN2O3S. The number of benzene rings is 1. The van der Waals surface area contributed by atoms with Gasteiger partial charge in [0.2, 0.25) is 0 Å². The topological polar surface area (TPSA) is 78.4 Å². The molecule has 2 rings (SSSR count). The molecule has 1 heterocycles. The van der Waals surface area contributed by atoms with Crippen LogP contribution in [0.25, 0.3) is 0 Å². The summed E-state index contributed by atoms with van der Waals surface area (Å²) in [6, 6.07) is 8.09. The van der Waals surface area contributed by atoms with Gasteiger partial charge in [0.15, 0.2) is 0 Å². The average molecular weight is 339 g/mol. The highest BCUT2D eigenvalue weighted by atomic mass is 35.5. The van der Waals surface area contributed by atoms with Crippen LogP contribution in [0.2, 0.25) is 5.02 Å². The molecule has 2 amide bonds. The van der Waals surface area contributed by atoms with Crippen LogP contribution >= 0.6 is 22.9 Å². The Morgan fingerprint density at radius 3 is 2.73 bits per heavy atom. The molecule has 7 heteroatoms. The Morgan fingerprint density at radius 1 is 1.32 bits per heavy atom. The second kappa shape index (κ2) is 7.40. The highest BCUT2D eigenvalue weighted by Gasteiger charge is 2.13. The van der Waals surface area contributed by atoms with Crippen LogP contribution in [-0.4, -0.2) is 29.6 Å². The van der Waals surface area contributed by atoms with Gasteiger partial charge in [-0.05, 0) is 36.6 Å². The van der Waals surface area contributed by atoms with E-state index < -0.39 is 6.10 Å². The number of hydrogen-bond acceptors (Lipinski definition) is 4. The van der Waals surface area contributed by atoms with Gasteiger partial charge in [0.25, 0.3) is 11.8 Å². The lowest BCUT2D eigenvalue weighted by atomic mass is 10.2. The number of halogens is 1. The quantitative estimate of drug-likeness (QED) is 0.784. The molecule has 116 valence electrons. The lowest BCUT2D eigenvalue weighted by molar-refractivity contribution is 0.0923. The number of carbonyl (C=O) groups excluding carboxylic acids is 2. The van der Waals surface area contributed by atoms with Crippen molar-refractivity contribution in [2.75, 3.05) is 11.9 Å². The van der Waals surface area contributed by atoms with E-state index in [9.17, 15) is 14.7 Å². The van der Waals surface area contributed by atoms with Gasteiger partial charge in [-0.25, -0.2) is 0 Å². The minimum atomic E-state index is -0.630. The Morgan fingerprint density at radius 2 is 2.09 bits per heavy atom. The van der Waals surface area contributed by atoms with Gasteiger partial charge in [-0.2, -0.15) is 0 Å². The normalized spacial score (nSPS) is 11.8. The summed E-state index contributed by atoms with van der Waals surface area (Å²) in [4.78, 5) is 24.5. The van der Waals surface area contributed by atoms with E-state index in [1.165, 1.54) is 17.4 Å². The molecule has 1 aromatic heterocycles. The molecular weight excluding hydrogens is 324 g/mol. The second-order valence-electron chi connectivity index (χ2n) is 4.69. The van der Waals surface area contributed by atoms with E-state index >= 15 is 0 Å². The molecule has 0 aliphatic heterocycles. The van der Waals surface area contributed by atoms with Crippen LogP contribution in [0, 0.1) is 0 Å². The monoisotopic (exact) mass is 338 g/mol. The fourth-order valence-corrected chi connectivity index (χ4v) is 2.48. The SMILES string of the molecule is CC(O)CNC(=O)c1ccc(Cl)c(NC(=O)c2cccs2)c1. The van der Waals surface area contributed by atoms with Crippen LogP contribution in [0.3, 0.4) is 0 Å². The minimum Gasteiger partial charge on any atom is -0.392 e. The van der Waals surface area contributed by atoms with Crippen molar-refractivity contribution in [1.82, 2.24) is 5.32 Å². The van der Waals surface area contributed by atoms with Gasteiger partial charge in [-0.1, -0.05) is 17.7 Å². The molecule has 0 aliphatic rings. The standard InChI is InChI=1S/C15H15ClN2O3S/c1-9(19)8-17-14(20)10-4-5-11(16)12(7-10)18-15(21)13-3-2-6-22-13/h2-7,9,19H,8H2,1H3,(H,17,20)(H,18,21). The third kappa shape index (κ3) is 4.30. The largest absolute Gasteiger partial charge is 0.392 e. The molecule has 0 saturated heterocycles. The maximum absolute atomic E-state index is 12.0. The third-order valence-corrected chi connectivity index (χ3v) is 3.98. The van der Waals surface area contributed by atoms with E-state index in [0.717, 1.165) is 0 Å². The van der Waals surface area contributed by atoms with Gasteiger partial charge in [0, 0.05) is 12.1 Å². The fourth-order valence-electron chi connectivity index (χ4n) is 1.70. The van der Waals surface area contributed by atoms with Crippen LogP contribution in [0.4, 0.5) is 5.69 Å². The van der Waals surface area contributed by atoms with Crippen LogP contribution in [0.5, 0.6) is 0 Å². The molecule has 1 atom stereocenters. The van der Waals surface area contributed by atoms with Crippen molar-refractivity contribution >= 4 is 40.4 Å². The zero-order valence-corrected chi connectivity index (χ0v) is 13.4. The number of aliphatic hydroxyl groups is 1. The maximum atomic E-state index is 12.0. The molecule has 0 radical (unpaired) electrons. The van der Waals surface area contributed by atoms with E-state index in [1.54, 1.807) is 36.6 Å². The number of thiophene rings is 1. The van der Waals surface area contributed by atoms with Crippen molar-refractivity contribution in [1.29, 1.82) is 0 Å². The summed E-state index contributed by atoms with van der Waals surface area (Å²) < 4.78 is 0. The molecule has 5 nitrogen and oxygen atoms in total.